The van der Waals surface area contributed by atoms with E-state index in [1.165, 1.54) is 23.9 Å². The van der Waals surface area contributed by atoms with E-state index in [9.17, 15) is 4.79 Å². The number of hydrogen-bond donors (Lipinski definition) is 1. The van der Waals surface area contributed by atoms with E-state index in [1.807, 2.05) is 18.4 Å². The molecule has 1 heterocycles. The number of carbonyl (C=O) groups excluding carboxylic acids is 1. The van der Waals surface area contributed by atoms with Crippen molar-refractivity contribution in [1.29, 1.82) is 0 Å². The molecule has 0 atom stereocenters. The second-order valence-electron chi connectivity index (χ2n) is 4.70. The van der Waals surface area contributed by atoms with Crippen molar-refractivity contribution < 1.29 is 4.79 Å². The van der Waals surface area contributed by atoms with Gasteiger partial charge in [-0.2, -0.15) is 0 Å². The third-order valence-electron chi connectivity index (χ3n) is 2.71. The fourth-order valence-corrected chi connectivity index (χ4v) is 3.06. The summed E-state index contributed by atoms with van der Waals surface area (Å²) in [6.45, 7) is 4.03. The number of anilines is 1. The Labute approximate surface area is 147 Å². The van der Waals surface area contributed by atoms with Gasteiger partial charge in [-0.15, -0.1) is 10.2 Å². The number of halogens is 3. The molecule has 0 spiro atoms. The van der Waals surface area contributed by atoms with Crippen LogP contribution < -0.4 is 5.32 Å². The predicted molar refractivity (Wildman–Crippen MR) is 91.2 cm³/mol. The Balaban J connectivity index is 1.99. The first-order valence-corrected chi connectivity index (χ1v) is 8.47. The summed E-state index contributed by atoms with van der Waals surface area (Å²) in [5.74, 6) is -0.0364. The first kappa shape index (κ1) is 17.4. The first-order valence-electron chi connectivity index (χ1n) is 6.35. The lowest BCUT2D eigenvalue weighted by Gasteiger charge is -2.10. The van der Waals surface area contributed by atoms with Crippen LogP contribution in [0.4, 0.5) is 5.69 Å². The van der Waals surface area contributed by atoms with Crippen LogP contribution in [-0.2, 0) is 4.79 Å². The van der Waals surface area contributed by atoms with Gasteiger partial charge in [-0.1, -0.05) is 46.6 Å². The van der Waals surface area contributed by atoms with Gasteiger partial charge in [0.25, 0.3) is 0 Å². The summed E-state index contributed by atoms with van der Waals surface area (Å²) in [5.41, 5.74) is 0.423. The van der Waals surface area contributed by atoms with Gasteiger partial charge in [0.15, 0.2) is 5.16 Å². The molecule has 22 heavy (non-hydrogen) atoms. The lowest BCUT2D eigenvalue weighted by molar-refractivity contribution is -0.113. The van der Waals surface area contributed by atoms with Crippen LogP contribution in [0.25, 0.3) is 0 Å². The maximum atomic E-state index is 12.0. The van der Waals surface area contributed by atoms with E-state index >= 15 is 0 Å². The highest BCUT2D eigenvalue weighted by atomic mass is 35.5. The van der Waals surface area contributed by atoms with E-state index in [0.717, 1.165) is 0 Å². The number of amides is 1. The minimum absolute atomic E-state index is 0.183. The number of nitrogens with one attached hydrogen (secondary N) is 1. The summed E-state index contributed by atoms with van der Waals surface area (Å²) < 4.78 is 1.89. The standard InChI is InChI=1S/C13H13Cl3N4OS/c1-7(2)20-6-17-19-13(20)22-5-12(21)18-11-4-9(15)8(14)3-10(11)16/h3-4,6-7H,5H2,1-2H3,(H,18,21). The quantitative estimate of drug-likeness (QED) is 0.611. The van der Waals surface area contributed by atoms with Crippen molar-refractivity contribution in [2.24, 2.45) is 0 Å². The molecule has 1 aromatic carbocycles. The fraction of sp³-hybridized carbons (Fsp3) is 0.308. The SMILES string of the molecule is CC(C)n1cnnc1SCC(=O)Nc1cc(Cl)c(Cl)cc1Cl. The largest absolute Gasteiger partial charge is 0.324 e. The van der Waals surface area contributed by atoms with Gasteiger partial charge in [-0.05, 0) is 26.0 Å². The van der Waals surface area contributed by atoms with Crippen molar-refractivity contribution in [3.8, 4) is 0 Å². The van der Waals surface area contributed by atoms with Crippen LogP contribution >= 0.6 is 46.6 Å². The zero-order valence-corrected chi connectivity index (χ0v) is 14.9. The molecule has 0 bridgehead atoms. The van der Waals surface area contributed by atoms with Gasteiger partial charge in [0.1, 0.15) is 6.33 Å². The van der Waals surface area contributed by atoms with Crippen molar-refractivity contribution in [2.75, 3.05) is 11.1 Å². The highest BCUT2D eigenvalue weighted by Gasteiger charge is 2.13. The van der Waals surface area contributed by atoms with E-state index in [0.29, 0.717) is 25.9 Å². The van der Waals surface area contributed by atoms with E-state index in [4.69, 9.17) is 34.8 Å². The topological polar surface area (TPSA) is 59.8 Å². The van der Waals surface area contributed by atoms with Crippen molar-refractivity contribution in [2.45, 2.75) is 25.0 Å². The Kier molecular flexibility index (Phi) is 5.97. The molecule has 0 radical (unpaired) electrons. The first-order chi connectivity index (χ1) is 10.4. The van der Waals surface area contributed by atoms with Gasteiger partial charge in [-0.3, -0.25) is 4.79 Å². The van der Waals surface area contributed by atoms with Crippen molar-refractivity contribution in [3.63, 3.8) is 0 Å². The highest BCUT2D eigenvalue weighted by molar-refractivity contribution is 7.99. The summed E-state index contributed by atoms with van der Waals surface area (Å²) in [4.78, 5) is 12.0. The van der Waals surface area contributed by atoms with Crippen LogP contribution in [0.15, 0.2) is 23.6 Å². The Hall–Kier alpha value is -0.950. The lowest BCUT2D eigenvalue weighted by atomic mass is 10.3. The third-order valence-corrected chi connectivity index (χ3v) is 4.71. The van der Waals surface area contributed by atoms with Gasteiger partial charge in [0, 0.05) is 6.04 Å². The number of thioether (sulfide) groups is 1. The number of nitrogens with zero attached hydrogens (tertiary/aromatic N) is 3. The maximum absolute atomic E-state index is 12.0. The van der Waals surface area contributed by atoms with Gasteiger partial charge in [-0.25, -0.2) is 0 Å². The molecule has 1 N–H and O–H groups in total. The van der Waals surface area contributed by atoms with Crippen molar-refractivity contribution >= 4 is 58.2 Å². The summed E-state index contributed by atoms with van der Waals surface area (Å²) >= 11 is 19.1. The molecule has 0 aliphatic heterocycles. The van der Waals surface area contributed by atoms with Gasteiger partial charge < -0.3 is 9.88 Å². The van der Waals surface area contributed by atoms with E-state index in [-0.39, 0.29) is 17.7 Å². The van der Waals surface area contributed by atoms with Gasteiger partial charge in [0.2, 0.25) is 5.91 Å². The minimum Gasteiger partial charge on any atom is -0.324 e. The average Bonchev–Trinajstić information content (AvgIpc) is 2.91. The molecule has 0 saturated carbocycles. The maximum Gasteiger partial charge on any atom is 0.234 e. The molecule has 1 amide bonds. The number of hydrogen-bond acceptors (Lipinski definition) is 4. The molecular formula is C13H13Cl3N4OS. The fourth-order valence-electron chi connectivity index (χ4n) is 1.62. The minimum atomic E-state index is -0.219. The van der Waals surface area contributed by atoms with Crippen LogP contribution in [0, 0.1) is 0 Å². The highest BCUT2D eigenvalue weighted by Crippen LogP contribution is 2.32. The van der Waals surface area contributed by atoms with Crippen LogP contribution in [0.1, 0.15) is 19.9 Å². The second kappa shape index (κ2) is 7.55. The average molecular weight is 380 g/mol. The van der Waals surface area contributed by atoms with Crippen LogP contribution in [0.3, 0.4) is 0 Å². The molecule has 2 rings (SSSR count). The number of benzene rings is 1. The number of rotatable bonds is 5. The molecule has 118 valence electrons. The summed E-state index contributed by atoms with van der Waals surface area (Å²) in [6.07, 6.45) is 1.64. The molecule has 0 fully saturated rings. The Morgan fingerprint density at radius 2 is 1.95 bits per heavy atom. The van der Waals surface area contributed by atoms with E-state index < -0.39 is 0 Å². The summed E-state index contributed by atoms with van der Waals surface area (Å²) in [7, 11) is 0. The number of aromatic nitrogens is 3. The van der Waals surface area contributed by atoms with Crippen LogP contribution in [0.5, 0.6) is 0 Å². The van der Waals surface area contributed by atoms with Crippen molar-refractivity contribution in [3.05, 3.63) is 33.5 Å². The second-order valence-corrected chi connectivity index (χ2v) is 6.86. The predicted octanol–water partition coefficient (Wildman–Crippen LogP) is 4.55. The molecule has 0 unspecified atom stereocenters. The summed E-state index contributed by atoms with van der Waals surface area (Å²) in [5, 5.41) is 12.2. The molecule has 0 aliphatic carbocycles. The van der Waals surface area contributed by atoms with Crippen LogP contribution in [0.2, 0.25) is 15.1 Å². The smallest absolute Gasteiger partial charge is 0.234 e. The molecule has 9 heteroatoms. The third kappa shape index (κ3) is 4.29. The molecule has 0 saturated heterocycles. The Morgan fingerprint density at radius 1 is 1.27 bits per heavy atom. The van der Waals surface area contributed by atoms with Gasteiger partial charge >= 0.3 is 0 Å². The zero-order valence-electron chi connectivity index (χ0n) is 11.8. The van der Waals surface area contributed by atoms with E-state index in [1.54, 1.807) is 6.33 Å². The molecule has 0 aliphatic rings. The van der Waals surface area contributed by atoms with Crippen molar-refractivity contribution in [1.82, 2.24) is 14.8 Å². The Bertz CT molecular complexity index is 690. The lowest BCUT2D eigenvalue weighted by Crippen LogP contribution is -2.15. The van der Waals surface area contributed by atoms with Crippen LogP contribution in [-0.4, -0.2) is 26.4 Å². The normalized spacial score (nSPS) is 11.0. The summed E-state index contributed by atoms with van der Waals surface area (Å²) in [6, 6.07) is 3.24. The zero-order chi connectivity index (χ0) is 16.3. The Morgan fingerprint density at radius 3 is 2.64 bits per heavy atom. The molecular weight excluding hydrogens is 367 g/mol. The molecule has 1 aromatic heterocycles. The number of carbonyl (C=O) groups is 1. The monoisotopic (exact) mass is 378 g/mol. The van der Waals surface area contributed by atoms with Gasteiger partial charge in [0.05, 0.1) is 26.5 Å². The molecule has 2 aromatic rings. The molecule has 5 nitrogen and oxygen atoms in total. The van der Waals surface area contributed by atoms with E-state index in [2.05, 4.69) is 15.5 Å².